The van der Waals surface area contributed by atoms with Gasteiger partial charge in [0.25, 0.3) is 15.6 Å². The third kappa shape index (κ3) is 5.21. The Morgan fingerprint density at radius 3 is 1.89 bits per heavy atom. The van der Waals surface area contributed by atoms with Crippen LogP contribution in [0.2, 0.25) is 10.0 Å². The predicted octanol–water partition coefficient (Wildman–Crippen LogP) is 6.90. The number of rotatable bonds is 6. The Bertz CT molecular complexity index is 2190. The van der Waals surface area contributed by atoms with Crippen LogP contribution in [0, 0.1) is 5.82 Å². The van der Waals surface area contributed by atoms with Crippen molar-refractivity contribution in [3.05, 3.63) is 147 Å². The highest BCUT2D eigenvalue weighted by Crippen LogP contribution is 2.49. The summed E-state index contributed by atoms with van der Waals surface area (Å²) >= 11 is 12.4. The van der Waals surface area contributed by atoms with Crippen LogP contribution in [0.4, 0.5) is 10.2 Å². The van der Waals surface area contributed by atoms with Crippen molar-refractivity contribution in [3.63, 3.8) is 0 Å². The van der Waals surface area contributed by atoms with E-state index in [2.05, 4.69) is 0 Å². The predicted molar refractivity (Wildman–Crippen MR) is 169 cm³/mol. The molecule has 0 N–H and O–H groups in total. The Morgan fingerprint density at radius 2 is 1.30 bits per heavy atom. The first-order chi connectivity index (χ1) is 20.9. The first kappa shape index (κ1) is 30.1. The molecule has 7 nitrogen and oxygen atoms in total. The van der Waals surface area contributed by atoms with Gasteiger partial charge in [0.15, 0.2) is 9.84 Å². The highest BCUT2D eigenvalue weighted by molar-refractivity contribution is 7.93. The number of hydrogen-bond donors (Lipinski definition) is 0. The highest BCUT2D eigenvalue weighted by atomic mass is 35.5. The Labute approximate surface area is 263 Å². The number of fused-ring (bicyclic) bond motifs is 1. The maximum atomic E-state index is 15.1. The minimum Gasteiger partial charge on any atom is -0.283 e. The largest absolute Gasteiger partial charge is 0.283 e. The van der Waals surface area contributed by atoms with Gasteiger partial charge in [-0.1, -0.05) is 71.7 Å². The van der Waals surface area contributed by atoms with Crippen LogP contribution in [0.25, 0.3) is 11.1 Å². The van der Waals surface area contributed by atoms with E-state index in [-0.39, 0.29) is 16.3 Å². The van der Waals surface area contributed by atoms with Crippen LogP contribution in [0.1, 0.15) is 23.2 Å². The van der Waals surface area contributed by atoms with Crippen molar-refractivity contribution in [2.45, 2.75) is 21.9 Å². The molecule has 0 amide bonds. The molecule has 0 bridgehead atoms. The van der Waals surface area contributed by atoms with E-state index in [9.17, 15) is 21.6 Å². The molecule has 1 aromatic heterocycles. The number of benzene rings is 4. The molecule has 0 spiro atoms. The summed E-state index contributed by atoms with van der Waals surface area (Å²) < 4.78 is 70.8. The quantitative estimate of drug-likeness (QED) is 0.196. The van der Waals surface area contributed by atoms with E-state index >= 15 is 4.39 Å². The van der Waals surface area contributed by atoms with Crippen molar-refractivity contribution in [1.82, 2.24) is 4.57 Å². The second kappa shape index (κ2) is 11.2. The molecular weight excluding hydrogens is 646 g/mol. The van der Waals surface area contributed by atoms with Gasteiger partial charge in [0.2, 0.25) is 0 Å². The summed E-state index contributed by atoms with van der Waals surface area (Å²) in [4.78, 5) is 13.9. The number of anilines is 1. The summed E-state index contributed by atoms with van der Waals surface area (Å²) in [6.45, 7) is 0. The van der Waals surface area contributed by atoms with Crippen LogP contribution in [-0.2, 0) is 19.9 Å². The fraction of sp³-hybridized carbons (Fsp3) is 0.0938. The molecule has 0 saturated heterocycles. The van der Waals surface area contributed by atoms with Gasteiger partial charge in [-0.2, -0.15) is 0 Å². The van der Waals surface area contributed by atoms with Gasteiger partial charge in [-0.05, 0) is 77.4 Å². The third-order valence-electron chi connectivity index (χ3n) is 7.52. The molecule has 0 radical (unpaired) electrons. The highest BCUT2D eigenvalue weighted by Gasteiger charge is 2.48. The smallest absolute Gasteiger partial charge is 0.269 e. The molecule has 224 valence electrons. The summed E-state index contributed by atoms with van der Waals surface area (Å²) in [5, 5.41) is 0.852. The van der Waals surface area contributed by atoms with Crippen LogP contribution < -0.4 is 9.86 Å². The van der Waals surface area contributed by atoms with Crippen LogP contribution in [0.15, 0.2) is 124 Å². The number of sulfonamides is 1. The average Bonchev–Trinajstić information content (AvgIpc) is 3.35. The van der Waals surface area contributed by atoms with Crippen LogP contribution in [0.3, 0.4) is 0 Å². The van der Waals surface area contributed by atoms with Crippen molar-refractivity contribution >= 4 is 48.9 Å². The van der Waals surface area contributed by atoms with Gasteiger partial charge < -0.3 is 0 Å². The summed E-state index contributed by atoms with van der Waals surface area (Å²) in [6, 6.07) is 25.1. The van der Waals surface area contributed by atoms with Gasteiger partial charge in [0, 0.05) is 21.9 Å². The molecule has 5 aromatic rings. The lowest BCUT2D eigenvalue weighted by Crippen LogP contribution is -2.34. The van der Waals surface area contributed by atoms with Gasteiger partial charge in [-0.25, -0.2) is 25.5 Å². The summed E-state index contributed by atoms with van der Waals surface area (Å²) in [5.74, 6) is -0.943. The number of aromatic nitrogens is 1. The monoisotopic (exact) mass is 668 g/mol. The normalized spacial score (nSPS) is 16.6. The molecule has 6 rings (SSSR count). The van der Waals surface area contributed by atoms with E-state index in [1.54, 1.807) is 54.6 Å². The summed E-state index contributed by atoms with van der Waals surface area (Å²) in [5.41, 5.74) is 0.974. The molecule has 1 aliphatic rings. The van der Waals surface area contributed by atoms with E-state index in [4.69, 9.17) is 23.2 Å². The summed E-state index contributed by atoms with van der Waals surface area (Å²) in [7, 11) is -8.18. The van der Waals surface area contributed by atoms with E-state index in [0.29, 0.717) is 26.7 Å². The molecule has 2 unspecified atom stereocenters. The Kier molecular flexibility index (Phi) is 7.65. The zero-order valence-corrected chi connectivity index (χ0v) is 26.1. The molecule has 2 heterocycles. The van der Waals surface area contributed by atoms with E-state index in [1.807, 2.05) is 0 Å². The van der Waals surface area contributed by atoms with Crippen LogP contribution in [0.5, 0.6) is 0 Å². The molecule has 12 heteroatoms. The number of pyridine rings is 1. The van der Waals surface area contributed by atoms with Gasteiger partial charge in [-0.15, -0.1) is 0 Å². The van der Waals surface area contributed by atoms with E-state index in [0.717, 1.165) is 16.6 Å². The van der Waals surface area contributed by atoms with Gasteiger partial charge in [0.05, 0.1) is 17.0 Å². The van der Waals surface area contributed by atoms with Crippen LogP contribution >= 0.6 is 23.2 Å². The Hall–Kier alpha value is -3.96. The number of nitrogens with zero attached hydrogens (tertiary/aromatic N) is 2. The molecule has 2 atom stereocenters. The second-order valence-corrected chi connectivity index (χ2v) is 15.0. The maximum Gasteiger partial charge on any atom is 0.269 e. The van der Waals surface area contributed by atoms with Crippen molar-refractivity contribution in [3.8, 4) is 11.1 Å². The van der Waals surface area contributed by atoms with E-state index < -0.39 is 48.2 Å². The molecular formula is C32H23Cl2FN2O5S2. The lowest BCUT2D eigenvalue weighted by Gasteiger charge is -2.29. The molecule has 4 aromatic carbocycles. The first-order valence-corrected chi connectivity index (χ1v) is 17.3. The summed E-state index contributed by atoms with van der Waals surface area (Å²) in [6.07, 6.45) is 1.07. The van der Waals surface area contributed by atoms with Crippen molar-refractivity contribution in [2.75, 3.05) is 10.6 Å². The standard InChI is InChI=1S/C32H23Cl2FN2O5S2/c1-43(39,40)25-6-4-5-22(19-25)26-17-18-29-36(32(26)38)30(20-9-13-23(33)14-10-20)31(21-11-15-24(34)16-12-21)37(29)44(41,42)28-8-3-2-7-27(28)35/h2-19,30-31H,1H3. The Morgan fingerprint density at radius 1 is 0.705 bits per heavy atom. The molecule has 1 aliphatic heterocycles. The van der Waals surface area contributed by atoms with Gasteiger partial charge in [-0.3, -0.25) is 9.36 Å². The van der Waals surface area contributed by atoms with Crippen molar-refractivity contribution in [2.24, 2.45) is 0 Å². The lowest BCUT2D eigenvalue weighted by atomic mass is 9.94. The van der Waals surface area contributed by atoms with Crippen molar-refractivity contribution in [1.29, 1.82) is 0 Å². The SMILES string of the molecule is CS(=O)(=O)c1cccc(-c2ccc3n(c2=O)C(c2ccc(Cl)cc2)C(c2ccc(Cl)cc2)N3S(=O)(=O)c2ccccc2F)c1. The number of halogens is 3. The third-order valence-corrected chi connectivity index (χ3v) is 11.0. The first-order valence-electron chi connectivity index (χ1n) is 13.2. The lowest BCUT2D eigenvalue weighted by molar-refractivity contribution is 0.525. The topological polar surface area (TPSA) is 93.5 Å². The molecule has 0 aliphatic carbocycles. The molecule has 0 saturated carbocycles. The fourth-order valence-corrected chi connectivity index (χ4v) is 8.15. The van der Waals surface area contributed by atoms with Gasteiger partial charge in [0.1, 0.15) is 16.5 Å². The Balaban J connectivity index is 1.68. The van der Waals surface area contributed by atoms with Crippen LogP contribution in [-0.4, -0.2) is 27.7 Å². The fourth-order valence-electron chi connectivity index (χ4n) is 5.52. The molecule has 44 heavy (non-hydrogen) atoms. The van der Waals surface area contributed by atoms with E-state index in [1.165, 1.54) is 53.1 Å². The second-order valence-electron chi connectivity index (χ2n) is 10.3. The average molecular weight is 670 g/mol. The zero-order valence-electron chi connectivity index (χ0n) is 22.9. The van der Waals surface area contributed by atoms with Crippen molar-refractivity contribution < 1.29 is 21.2 Å². The number of sulfone groups is 1. The molecule has 0 fully saturated rings. The number of hydrogen-bond acceptors (Lipinski definition) is 5. The minimum absolute atomic E-state index is 0.00108. The maximum absolute atomic E-state index is 15.1. The zero-order chi connectivity index (χ0) is 31.4. The minimum atomic E-state index is -4.60. The van der Waals surface area contributed by atoms with Gasteiger partial charge >= 0.3 is 0 Å².